The number of ether oxygens (including phenoxy) is 1. The molecule has 1 fully saturated rings. The molecule has 106 valence electrons. The first kappa shape index (κ1) is 15.3. The minimum atomic E-state index is -0.974. The van der Waals surface area contributed by atoms with Crippen molar-refractivity contribution in [3.8, 4) is 6.07 Å². The lowest BCUT2D eigenvalue weighted by atomic mass is 9.89. The van der Waals surface area contributed by atoms with Crippen LogP contribution < -0.4 is 0 Å². The molecule has 0 aromatic rings. The van der Waals surface area contributed by atoms with Crippen LogP contribution >= 0.6 is 0 Å². The maximum absolute atomic E-state index is 11.9. The fourth-order valence-corrected chi connectivity index (χ4v) is 2.06. The molecule has 1 rings (SSSR count). The predicted molar refractivity (Wildman–Crippen MR) is 67.3 cm³/mol. The molecule has 1 saturated heterocycles. The first-order chi connectivity index (χ1) is 8.74. The van der Waals surface area contributed by atoms with E-state index in [-0.39, 0.29) is 6.42 Å². The van der Waals surface area contributed by atoms with Gasteiger partial charge in [-0.2, -0.15) is 5.26 Å². The van der Waals surface area contributed by atoms with Crippen LogP contribution in [-0.2, 0) is 9.53 Å². The molecule has 0 saturated carbocycles. The Morgan fingerprint density at radius 3 is 2.37 bits per heavy atom. The molecule has 0 spiro atoms. The number of carbonyl (C=O) groups is 2. The number of rotatable bonds is 1. The highest BCUT2D eigenvalue weighted by Crippen LogP contribution is 2.25. The zero-order chi connectivity index (χ0) is 14.6. The molecule has 2 unspecified atom stereocenters. The Bertz CT molecular complexity index is 394. The molecule has 6 heteroatoms. The number of nitriles is 1. The summed E-state index contributed by atoms with van der Waals surface area (Å²) in [5.74, 6) is -2.24. The van der Waals surface area contributed by atoms with E-state index in [1.165, 1.54) is 4.90 Å². The second-order valence-corrected chi connectivity index (χ2v) is 5.73. The molecule has 6 nitrogen and oxygen atoms in total. The summed E-state index contributed by atoms with van der Waals surface area (Å²) in [6.07, 6.45) is 0.203. The van der Waals surface area contributed by atoms with Crippen molar-refractivity contribution in [2.45, 2.75) is 39.2 Å². The lowest BCUT2D eigenvalue weighted by molar-refractivity contribution is -0.143. The van der Waals surface area contributed by atoms with Gasteiger partial charge in [0.2, 0.25) is 0 Å². The lowest BCUT2D eigenvalue weighted by Crippen LogP contribution is -2.37. The van der Waals surface area contributed by atoms with Crippen LogP contribution in [0.2, 0.25) is 0 Å². The Balaban J connectivity index is 2.70. The van der Waals surface area contributed by atoms with Crippen molar-refractivity contribution in [3.05, 3.63) is 0 Å². The van der Waals surface area contributed by atoms with E-state index in [1.54, 1.807) is 20.8 Å². The average molecular weight is 268 g/mol. The van der Waals surface area contributed by atoms with Crippen LogP contribution in [-0.4, -0.2) is 40.8 Å². The minimum Gasteiger partial charge on any atom is -0.481 e. The molecular formula is C13H20N2O4. The molecule has 0 radical (unpaired) electrons. The summed E-state index contributed by atoms with van der Waals surface area (Å²) in [4.78, 5) is 24.5. The summed E-state index contributed by atoms with van der Waals surface area (Å²) in [5, 5.41) is 18.1. The molecule has 1 aliphatic heterocycles. The molecule has 1 N–H and O–H groups in total. The second-order valence-electron chi connectivity index (χ2n) is 5.73. The predicted octanol–water partition coefficient (Wildman–Crippen LogP) is 1.86. The van der Waals surface area contributed by atoms with E-state index >= 15 is 0 Å². The van der Waals surface area contributed by atoms with E-state index in [9.17, 15) is 9.59 Å². The molecule has 2 atom stereocenters. The normalized spacial score (nSPS) is 24.2. The SMILES string of the molecule is CC(C)(C)OC(=O)N1CCC(C#N)C(C(=O)O)CC1. The second kappa shape index (κ2) is 5.91. The van der Waals surface area contributed by atoms with Crippen LogP contribution in [0.1, 0.15) is 33.6 Å². The average Bonchev–Trinajstić information content (AvgIpc) is 2.48. The Labute approximate surface area is 112 Å². The summed E-state index contributed by atoms with van der Waals surface area (Å²) in [5.41, 5.74) is -0.579. The van der Waals surface area contributed by atoms with Gasteiger partial charge in [-0.1, -0.05) is 0 Å². The van der Waals surface area contributed by atoms with Crippen LogP contribution in [0.5, 0.6) is 0 Å². The minimum absolute atomic E-state index is 0.285. The first-order valence-corrected chi connectivity index (χ1v) is 6.35. The standard InChI is InChI=1S/C13H20N2O4/c1-13(2,3)19-12(18)15-6-4-9(8-14)10(5-7-15)11(16)17/h9-10H,4-7H2,1-3H3,(H,16,17). The number of carbonyl (C=O) groups excluding carboxylic acids is 1. The van der Waals surface area contributed by atoms with Gasteiger partial charge in [-0.15, -0.1) is 0 Å². The van der Waals surface area contributed by atoms with Crippen molar-refractivity contribution in [1.82, 2.24) is 4.90 Å². The number of amides is 1. The Morgan fingerprint density at radius 1 is 1.32 bits per heavy atom. The fourth-order valence-electron chi connectivity index (χ4n) is 2.06. The van der Waals surface area contributed by atoms with Gasteiger partial charge in [0.25, 0.3) is 0 Å². The molecule has 0 bridgehead atoms. The van der Waals surface area contributed by atoms with Crippen LogP contribution in [0.3, 0.4) is 0 Å². The van der Waals surface area contributed by atoms with E-state index in [2.05, 4.69) is 0 Å². The molecule has 1 aliphatic rings. The molecule has 0 aliphatic carbocycles. The number of carboxylic acids is 1. The molecule has 0 aromatic heterocycles. The van der Waals surface area contributed by atoms with Gasteiger partial charge < -0.3 is 14.7 Å². The number of hydrogen-bond donors (Lipinski definition) is 1. The summed E-state index contributed by atoms with van der Waals surface area (Å²) in [6, 6.07) is 2.02. The van der Waals surface area contributed by atoms with E-state index in [1.807, 2.05) is 6.07 Å². The van der Waals surface area contributed by atoms with Gasteiger partial charge in [0, 0.05) is 13.1 Å². The largest absolute Gasteiger partial charge is 0.481 e. The summed E-state index contributed by atoms with van der Waals surface area (Å²) in [6.45, 7) is 6.00. The van der Waals surface area contributed by atoms with Gasteiger partial charge in [-0.05, 0) is 33.6 Å². The third-order valence-corrected chi connectivity index (χ3v) is 3.04. The Morgan fingerprint density at radius 2 is 1.89 bits per heavy atom. The van der Waals surface area contributed by atoms with E-state index in [0.29, 0.717) is 19.5 Å². The van der Waals surface area contributed by atoms with Crippen LogP contribution in [0, 0.1) is 23.2 Å². The van der Waals surface area contributed by atoms with Gasteiger partial charge in [0.1, 0.15) is 5.60 Å². The first-order valence-electron chi connectivity index (χ1n) is 6.35. The van der Waals surface area contributed by atoms with Gasteiger partial charge in [0.05, 0.1) is 17.9 Å². The van der Waals surface area contributed by atoms with Crippen molar-refractivity contribution in [3.63, 3.8) is 0 Å². The third kappa shape index (κ3) is 4.43. The zero-order valence-corrected chi connectivity index (χ0v) is 11.5. The highest BCUT2D eigenvalue weighted by molar-refractivity contribution is 5.72. The van der Waals surface area contributed by atoms with Crippen molar-refractivity contribution < 1.29 is 19.4 Å². The van der Waals surface area contributed by atoms with Crippen molar-refractivity contribution in [2.24, 2.45) is 11.8 Å². The molecule has 19 heavy (non-hydrogen) atoms. The Kier molecular flexibility index (Phi) is 4.76. The number of likely N-dealkylation sites (tertiary alicyclic amines) is 1. The quantitative estimate of drug-likeness (QED) is 0.783. The van der Waals surface area contributed by atoms with Crippen molar-refractivity contribution >= 4 is 12.1 Å². The van der Waals surface area contributed by atoms with E-state index < -0.39 is 29.5 Å². The van der Waals surface area contributed by atoms with Crippen molar-refractivity contribution in [2.75, 3.05) is 13.1 Å². The third-order valence-electron chi connectivity index (χ3n) is 3.04. The van der Waals surface area contributed by atoms with Crippen LogP contribution in [0.4, 0.5) is 4.79 Å². The fraction of sp³-hybridized carbons (Fsp3) is 0.769. The number of nitrogens with zero attached hydrogens (tertiary/aromatic N) is 2. The summed E-state index contributed by atoms with van der Waals surface area (Å²) in [7, 11) is 0. The highest BCUT2D eigenvalue weighted by Gasteiger charge is 2.34. The Hall–Kier alpha value is -1.77. The van der Waals surface area contributed by atoms with Crippen molar-refractivity contribution in [1.29, 1.82) is 5.26 Å². The monoisotopic (exact) mass is 268 g/mol. The number of hydrogen-bond acceptors (Lipinski definition) is 4. The lowest BCUT2D eigenvalue weighted by Gasteiger charge is -2.26. The van der Waals surface area contributed by atoms with Gasteiger partial charge in [0.15, 0.2) is 0 Å². The molecular weight excluding hydrogens is 248 g/mol. The topological polar surface area (TPSA) is 90.6 Å². The van der Waals surface area contributed by atoms with Crippen LogP contribution in [0.25, 0.3) is 0 Å². The highest BCUT2D eigenvalue weighted by atomic mass is 16.6. The van der Waals surface area contributed by atoms with Gasteiger partial charge >= 0.3 is 12.1 Å². The zero-order valence-electron chi connectivity index (χ0n) is 11.5. The summed E-state index contributed by atoms with van der Waals surface area (Å²) >= 11 is 0. The summed E-state index contributed by atoms with van der Waals surface area (Å²) < 4.78 is 5.25. The van der Waals surface area contributed by atoms with E-state index in [0.717, 1.165) is 0 Å². The molecule has 1 heterocycles. The van der Waals surface area contributed by atoms with Gasteiger partial charge in [-0.3, -0.25) is 4.79 Å². The maximum Gasteiger partial charge on any atom is 0.410 e. The molecule has 1 amide bonds. The van der Waals surface area contributed by atoms with Gasteiger partial charge in [-0.25, -0.2) is 4.79 Å². The maximum atomic E-state index is 11.9. The van der Waals surface area contributed by atoms with Crippen LogP contribution in [0.15, 0.2) is 0 Å². The number of aliphatic carboxylic acids is 1. The molecule has 0 aromatic carbocycles. The number of carboxylic acid groups (broad SMARTS) is 1. The van der Waals surface area contributed by atoms with E-state index in [4.69, 9.17) is 15.1 Å². The smallest absolute Gasteiger partial charge is 0.410 e.